The Morgan fingerprint density at radius 1 is 1.50 bits per heavy atom. The summed E-state index contributed by atoms with van der Waals surface area (Å²) in [7, 11) is 0. The molecule has 10 heavy (non-hydrogen) atoms. The van der Waals surface area contributed by atoms with E-state index in [0.29, 0.717) is 6.61 Å². The van der Waals surface area contributed by atoms with Gasteiger partial charge in [0.25, 0.3) is 0 Å². The van der Waals surface area contributed by atoms with Crippen molar-refractivity contribution in [1.29, 1.82) is 0 Å². The van der Waals surface area contributed by atoms with Crippen molar-refractivity contribution in [2.24, 2.45) is 0 Å². The van der Waals surface area contributed by atoms with Gasteiger partial charge in [0.2, 0.25) is 0 Å². The van der Waals surface area contributed by atoms with Gasteiger partial charge in [-0.1, -0.05) is 30.8 Å². The van der Waals surface area contributed by atoms with Crippen LogP contribution in [0.5, 0.6) is 0 Å². The lowest BCUT2D eigenvalue weighted by atomic mass is 10.2. The van der Waals surface area contributed by atoms with Crippen LogP contribution < -0.4 is 0 Å². The molecule has 0 N–H and O–H groups in total. The Morgan fingerprint density at radius 3 is 2.80 bits per heavy atom. The van der Waals surface area contributed by atoms with Gasteiger partial charge in [0.05, 0.1) is 6.26 Å². The second kappa shape index (κ2) is 3.72. The van der Waals surface area contributed by atoms with E-state index in [1.165, 1.54) is 6.26 Å². The van der Waals surface area contributed by atoms with Crippen molar-refractivity contribution in [2.75, 3.05) is 0 Å². The topological polar surface area (TPSA) is 9.23 Å². The molecule has 1 radical (unpaired) electrons. The molecular formula is C9H9O. The molecule has 1 nitrogen and oxygen atoms in total. The smallest absolute Gasteiger partial charge is 0.112 e. The van der Waals surface area contributed by atoms with Crippen LogP contribution in [0.25, 0.3) is 0 Å². The zero-order valence-corrected chi connectivity index (χ0v) is 5.71. The van der Waals surface area contributed by atoms with Crippen LogP contribution in [-0.2, 0) is 11.3 Å². The van der Waals surface area contributed by atoms with Crippen molar-refractivity contribution >= 4 is 0 Å². The van der Waals surface area contributed by atoms with Gasteiger partial charge in [0.15, 0.2) is 0 Å². The molecule has 0 aliphatic heterocycles. The first kappa shape index (κ1) is 6.87. The molecule has 0 amide bonds. The average Bonchev–Trinajstić information content (AvgIpc) is 2.03. The molecule has 0 spiro atoms. The van der Waals surface area contributed by atoms with Crippen LogP contribution in [0, 0.1) is 6.07 Å². The Morgan fingerprint density at radius 2 is 2.20 bits per heavy atom. The summed E-state index contributed by atoms with van der Waals surface area (Å²) in [5.41, 5.74) is 1.14. The van der Waals surface area contributed by atoms with Crippen LogP contribution in [0.2, 0.25) is 0 Å². The van der Waals surface area contributed by atoms with Crippen molar-refractivity contribution in [3.63, 3.8) is 0 Å². The summed E-state index contributed by atoms with van der Waals surface area (Å²) < 4.78 is 4.97. The van der Waals surface area contributed by atoms with Crippen molar-refractivity contribution in [3.8, 4) is 0 Å². The van der Waals surface area contributed by atoms with Crippen LogP contribution in [-0.4, -0.2) is 0 Å². The summed E-state index contributed by atoms with van der Waals surface area (Å²) in [5, 5.41) is 0. The Labute approximate surface area is 61.0 Å². The van der Waals surface area contributed by atoms with Gasteiger partial charge >= 0.3 is 0 Å². The van der Waals surface area contributed by atoms with Gasteiger partial charge in [0.1, 0.15) is 6.61 Å². The minimum Gasteiger partial charge on any atom is -0.497 e. The van der Waals surface area contributed by atoms with E-state index in [1.807, 2.05) is 24.3 Å². The SMILES string of the molecule is C=COCc1cc[c]cc1. The Hall–Kier alpha value is -1.24. The molecule has 0 aliphatic carbocycles. The van der Waals surface area contributed by atoms with Crippen LogP contribution in [0.1, 0.15) is 5.56 Å². The minimum absolute atomic E-state index is 0.595. The highest BCUT2D eigenvalue weighted by molar-refractivity contribution is 5.12. The maximum Gasteiger partial charge on any atom is 0.112 e. The summed E-state index contributed by atoms with van der Waals surface area (Å²) in [5.74, 6) is 0. The highest BCUT2D eigenvalue weighted by atomic mass is 16.5. The van der Waals surface area contributed by atoms with Gasteiger partial charge in [-0.15, -0.1) is 0 Å². The minimum atomic E-state index is 0.595. The zero-order valence-electron chi connectivity index (χ0n) is 5.71. The normalized spacial score (nSPS) is 8.80. The molecule has 0 saturated carbocycles. The Kier molecular flexibility index (Phi) is 2.56. The molecule has 1 aromatic carbocycles. The van der Waals surface area contributed by atoms with Crippen molar-refractivity contribution in [2.45, 2.75) is 6.61 Å². The number of hydrogen-bond acceptors (Lipinski definition) is 1. The van der Waals surface area contributed by atoms with E-state index in [-0.39, 0.29) is 0 Å². The predicted octanol–water partition coefficient (Wildman–Crippen LogP) is 2.15. The summed E-state index contributed by atoms with van der Waals surface area (Å²) >= 11 is 0. The van der Waals surface area contributed by atoms with E-state index in [0.717, 1.165) is 5.56 Å². The lowest BCUT2D eigenvalue weighted by Gasteiger charge is -1.97. The molecule has 0 fully saturated rings. The maximum atomic E-state index is 4.97. The fourth-order valence-corrected chi connectivity index (χ4v) is 0.673. The van der Waals surface area contributed by atoms with Crippen LogP contribution in [0.4, 0.5) is 0 Å². The van der Waals surface area contributed by atoms with E-state index in [9.17, 15) is 0 Å². The molecule has 51 valence electrons. The third kappa shape index (κ3) is 1.94. The number of benzene rings is 1. The van der Waals surface area contributed by atoms with Crippen LogP contribution >= 0.6 is 0 Å². The van der Waals surface area contributed by atoms with Crippen molar-refractivity contribution in [3.05, 3.63) is 48.7 Å². The standard InChI is InChI=1S/C9H9O/c1-2-10-8-9-6-4-3-5-7-9/h2,4-7H,1,8H2. The maximum absolute atomic E-state index is 4.97. The molecule has 0 aliphatic rings. The van der Waals surface area contributed by atoms with Crippen molar-refractivity contribution < 1.29 is 4.74 Å². The van der Waals surface area contributed by atoms with Gasteiger partial charge in [-0.25, -0.2) is 0 Å². The average molecular weight is 133 g/mol. The lowest BCUT2D eigenvalue weighted by Crippen LogP contribution is -1.83. The molecule has 0 unspecified atom stereocenters. The quantitative estimate of drug-likeness (QED) is 0.574. The molecule has 1 rings (SSSR count). The predicted molar refractivity (Wildman–Crippen MR) is 40.3 cm³/mol. The summed E-state index contributed by atoms with van der Waals surface area (Å²) in [6.07, 6.45) is 1.44. The van der Waals surface area contributed by atoms with E-state index >= 15 is 0 Å². The fraction of sp³-hybridized carbons (Fsp3) is 0.111. The second-order valence-corrected chi connectivity index (χ2v) is 1.89. The zero-order chi connectivity index (χ0) is 7.23. The number of ether oxygens (including phenoxy) is 1. The van der Waals surface area contributed by atoms with E-state index in [1.54, 1.807) is 0 Å². The molecule has 0 atom stereocenters. The highest BCUT2D eigenvalue weighted by Gasteiger charge is 1.86. The Balaban J connectivity index is 2.50. The summed E-state index contributed by atoms with van der Waals surface area (Å²) in [6, 6.07) is 10.6. The van der Waals surface area contributed by atoms with Crippen LogP contribution in [0.3, 0.4) is 0 Å². The third-order valence-corrected chi connectivity index (χ3v) is 1.16. The third-order valence-electron chi connectivity index (χ3n) is 1.16. The molecule has 1 heteroatoms. The van der Waals surface area contributed by atoms with E-state index in [4.69, 9.17) is 4.74 Å². The fourth-order valence-electron chi connectivity index (χ4n) is 0.673. The van der Waals surface area contributed by atoms with Gasteiger partial charge in [-0.3, -0.25) is 0 Å². The molecule has 0 heterocycles. The van der Waals surface area contributed by atoms with Gasteiger partial charge in [-0.2, -0.15) is 0 Å². The van der Waals surface area contributed by atoms with Gasteiger partial charge < -0.3 is 4.74 Å². The molecule has 0 bridgehead atoms. The van der Waals surface area contributed by atoms with Gasteiger partial charge in [0, 0.05) is 0 Å². The van der Waals surface area contributed by atoms with E-state index in [2.05, 4.69) is 12.6 Å². The monoisotopic (exact) mass is 133 g/mol. The summed E-state index contributed by atoms with van der Waals surface area (Å²) in [6.45, 7) is 4.04. The van der Waals surface area contributed by atoms with Crippen LogP contribution in [0.15, 0.2) is 37.1 Å². The first-order valence-corrected chi connectivity index (χ1v) is 3.11. The lowest BCUT2D eigenvalue weighted by molar-refractivity contribution is 0.237. The van der Waals surface area contributed by atoms with E-state index < -0.39 is 0 Å². The molecule has 1 aromatic rings. The second-order valence-electron chi connectivity index (χ2n) is 1.89. The number of hydrogen-bond donors (Lipinski definition) is 0. The molecular weight excluding hydrogens is 124 g/mol. The van der Waals surface area contributed by atoms with Crippen molar-refractivity contribution in [1.82, 2.24) is 0 Å². The first-order chi connectivity index (χ1) is 4.93. The Bertz CT molecular complexity index is 191. The molecule has 0 aromatic heterocycles. The van der Waals surface area contributed by atoms with Gasteiger partial charge in [-0.05, 0) is 11.6 Å². The highest BCUT2D eigenvalue weighted by Crippen LogP contribution is 1.99. The molecule has 0 saturated heterocycles. The number of rotatable bonds is 3. The summed E-state index contributed by atoms with van der Waals surface area (Å²) in [4.78, 5) is 0. The first-order valence-electron chi connectivity index (χ1n) is 3.11. The largest absolute Gasteiger partial charge is 0.497 e.